The molecule has 0 spiro atoms. The van der Waals surface area contributed by atoms with E-state index in [1.165, 1.54) is 0 Å². The number of aromatic nitrogens is 2. The molecule has 1 N–H and O–H groups in total. The van der Waals surface area contributed by atoms with E-state index >= 15 is 0 Å². The van der Waals surface area contributed by atoms with Crippen LogP contribution in [0.5, 0.6) is 5.75 Å². The fraction of sp³-hybridized carbons (Fsp3) is 0.412. The smallest absolute Gasteiger partial charge is 0.227 e. The van der Waals surface area contributed by atoms with E-state index in [1.807, 2.05) is 22.7 Å². The molecule has 1 saturated heterocycles. The summed E-state index contributed by atoms with van der Waals surface area (Å²) in [7, 11) is 3.54. The van der Waals surface area contributed by atoms with Crippen LogP contribution in [0.15, 0.2) is 30.6 Å². The van der Waals surface area contributed by atoms with E-state index in [0.29, 0.717) is 23.9 Å². The first-order chi connectivity index (χ1) is 11.6. The zero-order valence-electron chi connectivity index (χ0n) is 13.8. The van der Waals surface area contributed by atoms with Crippen LogP contribution >= 0.6 is 11.6 Å². The van der Waals surface area contributed by atoms with Gasteiger partial charge >= 0.3 is 0 Å². The Bertz CT molecular complexity index is 731. The van der Waals surface area contributed by atoms with E-state index in [4.69, 9.17) is 16.3 Å². The first-order valence-electron chi connectivity index (χ1n) is 7.90. The van der Waals surface area contributed by atoms with E-state index < -0.39 is 0 Å². The molecule has 24 heavy (non-hydrogen) atoms. The van der Waals surface area contributed by atoms with Gasteiger partial charge in [-0.15, -0.1) is 0 Å². The van der Waals surface area contributed by atoms with E-state index in [2.05, 4.69) is 10.3 Å². The predicted molar refractivity (Wildman–Crippen MR) is 92.2 cm³/mol. The number of aryl methyl sites for hydroxylation is 1. The van der Waals surface area contributed by atoms with Crippen molar-refractivity contribution in [3.05, 3.63) is 47.0 Å². The summed E-state index contributed by atoms with van der Waals surface area (Å²) in [6, 6.07) is 5.27. The van der Waals surface area contributed by atoms with Crippen LogP contribution < -0.4 is 10.1 Å². The average molecular weight is 349 g/mol. The van der Waals surface area contributed by atoms with Gasteiger partial charge in [0.1, 0.15) is 17.6 Å². The molecule has 7 heteroatoms. The third-order valence-electron chi connectivity index (χ3n) is 4.30. The molecule has 0 bridgehead atoms. The Hall–Kier alpha value is -2.05. The minimum absolute atomic E-state index is 0.0464. The number of methoxy groups -OCH3 is 1. The van der Waals surface area contributed by atoms with Gasteiger partial charge in [-0.3, -0.25) is 4.79 Å². The Balaban J connectivity index is 1.82. The van der Waals surface area contributed by atoms with Crippen molar-refractivity contribution in [1.29, 1.82) is 0 Å². The third-order valence-corrected chi connectivity index (χ3v) is 4.54. The fourth-order valence-corrected chi connectivity index (χ4v) is 3.28. The predicted octanol–water partition coefficient (Wildman–Crippen LogP) is 1.80. The summed E-state index contributed by atoms with van der Waals surface area (Å²) in [4.78, 5) is 19.2. The number of nitrogens with one attached hydrogen (secondary N) is 1. The molecule has 1 aromatic carbocycles. The third kappa shape index (κ3) is 3.39. The van der Waals surface area contributed by atoms with Gasteiger partial charge in [-0.05, 0) is 18.2 Å². The summed E-state index contributed by atoms with van der Waals surface area (Å²) in [5.74, 6) is 1.61. The Kier molecular flexibility index (Phi) is 5.06. The van der Waals surface area contributed by atoms with Crippen molar-refractivity contribution < 1.29 is 9.53 Å². The van der Waals surface area contributed by atoms with Crippen LogP contribution in [-0.2, 0) is 18.3 Å². The van der Waals surface area contributed by atoms with Gasteiger partial charge < -0.3 is 19.5 Å². The highest BCUT2D eigenvalue weighted by Crippen LogP contribution is 2.26. The number of ether oxygens (including phenoxy) is 1. The van der Waals surface area contributed by atoms with Crippen molar-refractivity contribution in [2.45, 2.75) is 12.5 Å². The second-order valence-electron chi connectivity index (χ2n) is 5.84. The van der Waals surface area contributed by atoms with Gasteiger partial charge in [-0.1, -0.05) is 11.6 Å². The highest BCUT2D eigenvalue weighted by atomic mass is 35.5. The minimum atomic E-state index is -0.0728. The number of nitrogens with zero attached hydrogens (tertiary/aromatic N) is 3. The molecule has 6 nitrogen and oxygen atoms in total. The minimum Gasteiger partial charge on any atom is -0.496 e. The molecule has 0 radical (unpaired) electrons. The van der Waals surface area contributed by atoms with Crippen molar-refractivity contribution in [2.75, 3.05) is 26.7 Å². The van der Waals surface area contributed by atoms with Crippen LogP contribution in [0.1, 0.15) is 17.4 Å². The molecule has 1 amide bonds. The number of amides is 1. The zero-order chi connectivity index (χ0) is 17.1. The number of imidazole rings is 1. The molecule has 1 aromatic heterocycles. The number of carbonyl (C=O) groups excluding carboxylic acids is 1. The lowest BCUT2D eigenvalue weighted by Gasteiger charge is -2.36. The molecule has 3 rings (SSSR count). The second kappa shape index (κ2) is 7.23. The molecule has 1 atom stereocenters. The number of halogens is 1. The standard InChI is InChI=1S/C17H21ClN4O2/c1-21-7-6-20-17(21)14-11-19-5-8-22(14)16(23)10-12-9-13(18)3-4-15(12)24-2/h3-4,6-7,9,14,19H,5,8,10-11H2,1-2H3. The number of benzene rings is 1. The molecule has 1 unspecified atom stereocenters. The summed E-state index contributed by atoms with van der Waals surface area (Å²) < 4.78 is 7.30. The first kappa shape index (κ1) is 16.8. The topological polar surface area (TPSA) is 59.4 Å². The quantitative estimate of drug-likeness (QED) is 0.915. The van der Waals surface area contributed by atoms with Crippen molar-refractivity contribution in [3.8, 4) is 5.75 Å². The maximum atomic E-state index is 12.9. The molecule has 0 aliphatic carbocycles. The number of piperazine rings is 1. The summed E-state index contributed by atoms with van der Waals surface area (Å²) in [5, 5.41) is 3.93. The van der Waals surface area contributed by atoms with E-state index in [0.717, 1.165) is 17.9 Å². The van der Waals surface area contributed by atoms with E-state index in [9.17, 15) is 4.79 Å². The summed E-state index contributed by atoms with van der Waals surface area (Å²) in [5.41, 5.74) is 0.798. The zero-order valence-corrected chi connectivity index (χ0v) is 14.6. The molecular weight excluding hydrogens is 328 g/mol. The fourth-order valence-electron chi connectivity index (χ4n) is 3.08. The van der Waals surface area contributed by atoms with Crippen LogP contribution in [-0.4, -0.2) is 47.1 Å². The van der Waals surface area contributed by atoms with Gasteiger partial charge in [0.25, 0.3) is 0 Å². The van der Waals surface area contributed by atoms with Crippen LogP contribution in [0.25, 0.3) is 0 Å². The molecule has 0 saturated carbocycles. The van der Waals surface area contributed by atoms with E-state index in [1.54, 1.807) is 31.5 Å². The lowest BCUT2D eigenvalue weighted by molar-refractivity contribution is -0.134. The van der Waals surface area contributed by atoms with Gasteiger partial charge in [0.05, 0.1) is 13.5 Å². The van der Waals surface area contributed by atoms with Gasteiger partial charge in [0.2, 0.25) is 5.91 Å². The summed E-state index contributed by atoms with van der Waals surface area (Å²) in [6.07, 6.45) is 3.91. The number of hydrogen-bond donors (Lipinski definition) is 1. The van der Waals surface area contributed by atoms with Gasteiger partial charge in [0.15, 0.2) is 0 Å². The summed E-state index contributed by atoms with van der Waals surface area (Å²) >= 11 is 6.07. The molecule has 1 aliphatic heterocycles. The van der Waals surface area contributed by atoms with Crippen LogP contribution in [0.3, 0.4) is 0 Å². The van der Waals surface area contributed by atoms with Crippen molar-refractivity contribution in [3.63, 3.8) is 0 Å². The highest BCUT2D eigenvalue weighted by molar-refractivity contribution is 6.30. The van der Waals surface area contributed by atoms with E-state index in [-0.39, 0.29) is 18.4 Å². The Morgan fingerprint density at radius 3 is 3.04 bits per heavy atom. The van der Waals surface area contributed by atoms with Crippen molar-refractivity contribution in [1.82, 2.24) is 19.8 Å². The number of rotatable bonds is 4. The monoisotopic (exact) mass is 348 g/mol. The average Bonchev–Trinajstić information content (AvgIpc) is 3.01. The maximum Gasteiger partial charge on any atom is 0.227 e. The first-order valence-corrected chi connectivity index (χ1v) is 8.27. The normalized spacial score (nSPS) is 17.8. The SMILES string of the molecule is COc1ccc(Cl)cc1CC(=O)N1CCNCC1c1nccn1C. The molecular formula is C17H21ClN4O2. The van der Waals surface area contributed by atoms with Gasteiger partial charge in [0, 0.05) is 49.7 Å². The van der Waals surface area contributed by atoms with Crippen molar-refractivity contribution >= 4 is 17.5 Å². The largest absolute Gasteiger partial charge is 0.496 e. The Morgan fingerprint density at radius 1 is 1.50 bits per heavy atom. The molecule has 1 fully saturated rings. The number of carbonyl (C=O) groups is 1. The van der Waals surface area contributed by atoms with Crippen LogP contribution in [0, 0.1) is 0 Å². The Morgan fingerprint density at radius 2 is 2.33 bits per heavy atom. The highest BCUT2D eigenvalue weighted by Gasteiger charge is 2.30. The lowest BCUT2D eigenvalue weighted by atomic mass is 10.1. The van der Waals surface area contributed by atoms with Gasteiger partial charge in [-0.2, -0.15) is 0 Å². The summed E-state index contributed by atoms with van der Waals surface area (Å²) in [6.45, 7) is 2.13. The van der Waals surface area contributed by atoms with Crippen LogP contribution in [0.4, 0.5) is 0 Å². The molecule has 2 aromatic rings. The van der Waals surface area contributed by atoms with Crippen molar-refractivity contribution in [2.24, 2.45) is 7.05 Å². The van der Waals surface area contributed by atoms with Crippen LogP contribution in [0.2, 0.25) is 5.02 Å². The lowest BCUT2D eigenvalue weighted by Crippen LogP contribution is -2.49. The molecule has 2 heterocycles. The number of hydrogen-bond acceptors (Lipinski definition) is 4. The second-order valence-corrected chi connectivity index (χ2v) is 6.27. The van der Waals surface area contributed by atoms with Gasteiger partial charge in [-0.25, -0.2) is 4.98 Å². The molecule has 128 valence electrons. The Labute approximate surface area is 146 Å². The maximum absolute atomic E-state index is 12.9. The molecule has 1 aliphatic rings.